The molecule has 8 heteroatoms. The van der Waals surface area contributed by atoms with E-state index in [2.05, 4.69) is 31.3 Å². The van der Waals surface area contributed by atoms with Crippen LogP contribution in [0.4, 0.5) is 0 Å². The Labute approximate surface area is 177 Å². The minimum absolute atomic E-state index is 0. The zero-order valence-corrected chi connectivity index (χ0v) is 18.3. The number of piperazine rings is 1. The van der Waals surface area contributed by atoms with Crippen LogP contribution in [0.3, 0.4) is 0 Å². The molecule has 2 heterocycles. The summed E-state index contributed by atoms with van der Waals surface area (Å²) in [5.41, 5.74) is 2.19. The summed E-state index contributed by atoms with van der Waals surface area (Å²) < 4.78 is 10.3. The summed E-state index contributed by atoms with van der Waals surface area (Å²) in [5, 5.41) is 7.46. The van der Waals surface area contributed by atoms with Crippen molar-refractivity contribution in [3.05, 3.63) is 47.9 Å². The standard InChI is InChI=1S/C19H27N5O2.HI/c1-20-19(21-9-7-16-5-3-4-6-18(16)25-2)24-12-10-23(11-13-24)15-17-8-14-26-22-17;/h3-6,8,14H,7,9-13,15H2,1-2H3,(H,20,21);1H. The molecule has 1 fully saturated rings. The first-order valence-electron chi connectivity index (χ1n) is 8.99. The van der Waals surface area contributed by atoms with Crippen molar-refractivity contribution >= 4 is 29.9 Å². The van der Waals surface area contributed by atoms with Gasteiger partial charge in [0.1, 0.15) is 12.0 Å². The van der Waals surface area contributed by atoms with Crippen LogP contribution in [0, 0.1) is 0 Å². The third-order valence-corrected chi connectivity index (χ3v) is 4.63. The maximum atomic E-state index is 5.41. The largest absolute Gasteiger partial charge is 0.496 e. The number of halogens is 1. The fourth-order valence-corrected chi connectivity index (χ4v) is 3.22. The number of nitrogens with one attached hydrogen (secondary N) is 1. The molecule has 0 spiro atoms. The summed E-state index contributed by atoms with van der Waals surface area (Å²) in [6, 6.07) is 10.1. The summed E-state index contributed by atoms with van der Waals surface area (Å²) in [7, 11) is 3.55. The number of benzene rings is 1. The van der Waals surface area contributed by atoms with E-state index in [9.17, 15) is 0 Å². The van der Waals surface area contributed by atoms with Gasteiger partial charge in [0.25, 0.3) is 0 Å². The molecule has 0 unspecified atom stereocenters. The Kier molecular flexibility index (Phi) is 8.86. The van der Waals surface area contributed by atoms with Crippen LogP contribution in [0.5, 0.6) is 5.75 Å². The molecular formula is C19H28IN5O2. The zero-order valence-electron chi connectivity index (χ0n) is 15.9. The Morgan fingerprint density at radius 2 is 2.00 bits per heavy atom. The number of ether oxygens (including phenoxy) is 1. The van der Waals surface area contributed by atoms with Crippen LogP contribution in [-0.4, -0.2) is 67.8 Å². The molecule has 0 amide bonds. The van der Waals surface area contributed by atoms with Gasteiger partial charge in [-0.15, -0.1) is 24.0 Å². The minimum atomic E-state index is 0. The highest BCUT2D eigenvalue weighted by atomic mass is 127. The quantitative estimate of drug-likeness (QED) is 0.385. The predicted octanol–water partition coefficient (Wildman–Crippen LogP) is 2.24. The fraction of sp³-hybridized carbons (Fsp3) is 0.474. The fourth-order valence-electron chi connectivity index (χ4n) is 3.22. The molecule has 1 aliphatic rings. The summed E-state index contributed by atoms with van der Waals surface area (Å²) in [6.45, 7) is 5.54. The van der Waals surface area contributed by atoms with Gasteiger partial charge in [0.2, 0.25) is 0 Å². The Morgan fingerprint density at radius 1 is 1.22 bits per heavy atom. The highest BCUT2D eigenvalue weighted by molar-refractivity contribution is 14.0. The smallest absolute Gasteiger partial charge is 0.193 e. The van der Waals surface area contributed by atoms with Crippen molar-refractivity contribution in [1.29, 1.82) is 0 Å². The molecule has 7 nitrogen and oxygen atoms in total. The Hall–Kier alpha value is -1.81. The number of nitrogens with zero attached hydrogens (tertiary/aromatic N) is 4. The average molecular weight is 485 g/mol. The number of rotatable bonds is 6. The van der Waals surface area contributed by atoms with Gasteiger partial charge in [0.15, 0.2) is 5.96 Å². The average Bonchev–Trinajstić information content (AvgIpc) is 3.19. The second-order valence-electron chi connectivity index (χ2n) is 6.29. The molecule has 148 valence electrons. The van der Waals surface area contributed by atoms with Gasteiger partial charge in [0, 0.05) is 52.4 Å². The predicted molar refractivity (Wildman–Crippen MR) is 117 cm³/mol. The van der Waals surface area contributed by atoms with E-state index in [1.807, 2.05) is 31.3 Å². The number of hydrogen-bond acceptors (Lipinski definition) is 5. The lowest BCUT2D eigenvalue weighted by molar-refractivity contribution is 0.169. The number of hydrogen-bond donors (Lipinski definition) is 1. The number of para-hydroxylation sites is 1. The van der Waals surface area contributed by atoms with Crippen molar-refractivity contribution in [2.45, 2.75) is 13.0 Å². The Balaban J connectivity index is 0.00000261. The third-order valence-electron chi connectivity index (χ3n) is 4.63. The van der Waals surface area contributed by atoms with Gasteiger partial charge in [-0.3, -0.25) is 9.89 Å². The van der Waals surface area contributed by atoms with Crippen molar-refractivity contribution < 1.29 is 9.26 Å². The molecule has 0 atom stereocenters. The molecule has 1 saturated heterocycles. The second kappa shape index (κ2) is 11.1. The van der Waals surface area contributed by atoms with E-state index in [4.69, 9.17) is 9.26 Å². The Bertz CT molecular complexity index is 700. The SMILES string of the molecule is CN=C(NCCc1ccccc1OC)N1CCN(Cc2ccon2)CC1.I. The molecule has 2 aromatic rings. The molecule has 0 radical (unpaired) electrons. The summed E-state index contributed by atoms with van der Waals surface area (Å²) in [4.78, 5) is 9.13. The number of guanidine groups is 1. The maximum absolute atomic E-state index is 5.41. The second-order valence-corrected chi connectivity index (χ2v) is 6.29. The van der Waals surface area contributed by atoms with Gasteiger partial charge < -0.3 is 19.5 Å². The molecule has 1 aromatic heterocycles. The van der Waals surface area contributed by atoms with E-state index in [0.29, 0.717) is 0 Å². The number of methoxy groups -OCH3 is 1. The topological polar surface area (TPSA) is 66.1 Å². The molecular weight excluding hydrogens is 457 g/mol. The monoisotopic (exact) mass is 485 g/mol. The van der Waals surface area contributed by atoms with Gasteiger partial charge in [-0.05, 0) is 18.1 Å². The van der Waals surface area contributed by atoms with E-state index in [1.54, 1.807) is 13.4 Å². The Morgan fingerprint density at radius 3 is 2.67 bits per heavy atom. The summed E-state index contributed by atoms with van der Waals surface area (Å²) in [6.07, 6.45) is 2.52. The van der Waals surface area contributed by atoms with Crippen molar-refractivity contribution in [3.63, 3.8) is 0 Å². The van der Waals surface area contributed by atoms with Crippen LogP contribution in [0.1, 0.15) is 11.3 Å². The van der Waals surface area contributed by atoms with E-state index in [1.165, 1.54) is 5.56 Å². The van der Waals surface area contributed by atoms with E-state index < -0.39 is 0 Å². The zero-order chi connectivity index (χ0) is 18.2. The molecule has 1 aliphatic heterocycles. The van der Waals surface area contributed by atoms with E-state index in [0.717, 1.165) is 63.1 Å². The summed E-state index contributed by atoms with van der Waals surface area (Å²) >= 11 is 0. The summed E-state index contributed by atoms with van der Waals surface area (Å²) in [5.74, 6) is 1.90. The highest BCUT2D eigenvalue weighted by Crippen LogP contribution is 2.17. The van der Waals surface area contributed by atoms with Crippen LogP contribution >= 0.6 is 24.0 Å². The van der Waals surface area contributed by atoms with Gasteiger partial charge in [0.05, 0.1) is 12.8 Å². The first-order valence-corrected chi connectivity index (χ1v) is 8.99. The van der Waals surface area contributed by atoms with Crippen molar-refractivity contribution in [3.8, 4) is 5.75 Å². The van der Waals surface area contributed by atoms with Gasteiger partial charge in [-0.2, -0.15) is 0 Å². The normalized spacial score (nSPS) is 15.3. The van der Waals surface area contributed by atoms with E-state index in [-0.39, 0.29) is 24.0 Å². The minimum Gasteiger partial charge on any atom is -0.496 e. The first kappa shape index (κ1) is 21.5. The van der Waals surface area contributed by atoms with Crippen LogP contribution in [-0.2, 0) is 13.0 Å². The van der Waals surface area contributed by atoms with Gasteiger partial charge in [-0.1, -0.05) is 23.4 Å². The molecule has 3 rings (SSSR count). The molecule has 0 saturated carbocycles. The lowest BCUT2D eigenvalue weighted by atomic mass is 10.1. The van der Waals surface area contributed by atoms with Crippen molar-refractivity contribution in [1.82, 2.24) is 20.3 Å². The maximum Gasteiger partial charge on any atom is 0.193 e. The molecule has 0 aliphatic carbocycles. The molecule has 0 bridgehead atoms. The highest BCUT2D eigenvalue weighted by Gasteiger charge is 2.20. The lowest BCUT2D eigenvalue weighted by Crippen LogP contribution is -2.52. The number of aliphatic imine (C=N–C) groups is 1. The third kappa shape index (κ3) is 6.10. The van der Waals surface area contributed by atoms with Gasteiger partial charge in [-0.25, -0.2) is 0 Å². The van der Waals surface area contributed by atoms with Gasteiger partial charge >= 0.3 is 0 Å². The van der Waals surface area contributed by atoms with Crippen LogP contribution in [0.25, 0.3) is 0 Å². The van der Waals surface area contributed by atoms with Crippen molar-refractivity contribution in [2.75, 3.05) is 46.9 Å². The molecule has 1 aromatic carbocycles. The van der Waals surface area contributed by atoms with Crippen LogP contribution in [0.2, 0.25) is 0 Å². The molecule has 27 heavy (non-hydrogen) atoms. The van der Waals surface area contributed by atoms with Crippen LogP contribution in [0.15, 0.2) is 46.1 Å². The number of aromatic nitrogens is 1. The van der Waals surface area contributed by atoms with E-state index >= 15 is 0 Å². The molecule has 1 N–H and O–H groups in total. The lowest BCUT2D eigenvalue weighted by Gasteiger charge is -2.36. The van der Waals surface area contributed by atoms with Crippen molar-refractivity contribution in [2.24, 2.45) is 4.99 Å². The first-order chi connectivity index (χ1) is 12.8. The van der Waals surface area contributed by atoms with Crippen LogP contribution < -0.4 is 10.1 Å².